The molecule has 0 saturated heterocycles. The highest BCUT2D eigenvalue weighted by Gasteiger charge is 2.26. The molecule has 0 radical (unpaired) electrons. The van der Waals surface area contributed by atoms with Gasteiger partial charge < -0.3 is 9.84 Å². The number of carbonyl (C=O) groups is 1. The molecule has 1 fully saturated rings. The highest BCUT2D eigenvalue weighted by Crippen LogP contribution is 2.31. The maximum Gasteiger partial charge on any atom is 0.317 e. The van der Waals surface area contributed by atoms with Crippen molar-refractivity contribution in [1.82, 2.24) is 4.90 Å². The highest BCUT2D eigenvalue weighted by atomic mass is 16.6. The quantitative estimate of drug-likeness (QED) is 0.581. The normalized spacial score (nSPS) is 14.2. The Morgan fingerprint density at radius 3 is 2.76 bits per heavy atom. The number of hydrogen-bond donors (Lipinski definition) is 1. The van der Waals surface area contributed by atoms with Crippen LogP contribution < -0.4 is 4.74 Å². The van der Waals surface area contributed by atoms with Crippen molar-refractivity contribution in [2.75, 3.05) is 20.2 Å². The van der Waals surface area contributed by atoms with E-state index in [-0.39, 0.29) is 18.0 Å². The molecule has 0 spiro atoms. The monoisotopic (exact) mass is 294 g/mol. The molecule has 1 saturated carbocycles. The van der Waals surface area contributed by atoms with Crippen LogP contribution in [0.3, 0.4) is 0 Å². The number of rotatable bonds is 8. The van der Waals surface area contributed by atoms with Gasteiger partial charge in [-0.25, -0.2) is 0 Å². The number of methoxy groups -OCH3 is 1. The molecule has 21 heavy (non-hydrogen) atoms. The number of carboxylic acid groups (broad SMARTS) is 1. The molecule has 1 aromatic carbocycles. The van der Waals surface area contributed by atoms with Crippen molar-refractivity contribution in [3.8, 4) is 5.75 Å². The summed E-state index contributed by atoms with van der Waals surface area (Å²) in [6.45, 7) is 1.04. The minimum atomic E-state index is -0.890. The lowest BCUT2D eigenvalue weighted by molar-refractivity contribution is -0.385. The Balaban J connectivity index is 2.13. The van der Waals surface area contributed by atoms with Gasteiger partial charge in [0.15, 0.2) is 5.75 Å². The lowest BCUT2D eigenvalue weighted by Gasteiger charge is -2.20. The first kappa shape index (κ1) is 15.2. The van der Waals surface area contributed by atoms with E-state index in [1.165, 1.54) is 13.2 Å². The second-order valence-electron chi connectivity index (χ2n) is 5.27. The predicted octanol–water partition coefficient (Wildman–Crippen LogP) is 1.90. The minimum Gasteiger partial charge on any atom is -0.490 e. The molecule has 0 atom stereocenters. The Labute approximate surface area is 122 Å². The van der Waals surface area contributed by atoms with Crippen molar-refractivity contribution in [2.45, 2.75) is 19.4 Å². The van der Waals surface area contributed by atoms with Crippen LogP contribution in [0.25, 0.3) is 0 Å². The van der Waals surface area contributed by atoms with E-state index in [9.17, 15) is 14.9 Å². The molecule has 7 nitrogen and oxygen atoms in total. The fourth-order valence-electron chi connectivity index (χ4n) is 2.28. The molecule has 0 bridgehead atoms. The van der Waals surface area contributed by atoms with Gasteiger partial charge in [-0.05, 0) is 30.4 Å². The summed E-state index contributed by atoms with van der Waals surface area (Å²) in [7, 11) is 1.38. The maximum atomic E-state index is 11.0. The van der Waals surface area contributed by atoms with Gasteiger partial charge in [0.2, 0.25) is 0 Å². The molecule has 114 valence electrons. The number of nitro groups is 1. The summed E-state index contributed by atoms with van der Waals surface area (Å²) < 4.78 is 4.96. The van der Waals surface area contributed by atoms with Gasteiger partial charge in [0.1, 0.15) is 0 Å². The molecule has 0 aromatic heterocycles. The van der Waals surface area contributed by atoms with Crippen LogP contribution in [0.2, 0.25) is 0 Å². The molecule has 1 aliphatic rings. The number of ether oxygens (including phenoxy) is 1. The van der Waals surface area contributed by atoms with Gasteiger partial charge in [0.05, 0.1) is 18.6 Å². The summed E-state index contributed by atoms with van der Waals surface area (Å²) in [5, 5.41) is 20.0. The van der Waals surface area contributed by atoms with E-state index in [4.69, 9.17) is 9.84 Å². The number of hydrogen-bond acceptors (Lipinski definition) is 5. The average molecular weight is 294 g/mol. The number of nitrogens with zero attached hydrogens (tertiary/aromatic N) is 2. The zero-order valence-electron chi connectivity index (χ0n) is 11.8. The molecular weight excluding hydrogens is 276 g/mol. The van der Waals surface area contributed by atoms with E-state index in [1.807, 2.05) is 4.90 Å². The number of nitro benzene ring substituents is 1. The van der Waals surface area contributed by atoms with Crippen LogP contribution in [-0.4, -0.2) is 41.1 Å². The summed E-state index contributed by atoms with van der Waals surface area (Å²) in [5.74, 6) is -0.132. The minimum absolute atomic E-state index is 0.0592. The van der Waals surface area contributed by atoms with Crippen molar-refractivity contribution < 1.29 is 19.6 Å². The van der Waals surface area contributed by atoms with Crippen LogP contribution in [0, 0.1) is 16.0 Å². The molecule has 1 aromatic rings. The van der Waals surface area contributed by atoms with E-state index < -0.39 is 10.9 Å². The number of carboxylic acids is 1. The Bertz CT molecular complexity index is 542. The smallest absolute Gasteiger partial charge is 0.317 e. The SMILES string of the molecule is COc1ccc(CN(CC(=O)O)CC2CC2)cc1[N+](=O)[O-]. The van der Waals surface area contributed by atoms with Gasteiger partial charge in [0, 0.05) is 19.2 Å². The Kier molecular flexibility index (Phi) is 4.74. The number of aliphatic carboxylic acids is 1. The van der Waals surface area contributed by atoms with E-state index in [1.54, 1.807) is 12.1 Å². The Morgan fingerprint density at radius 1 is 1.52 bits per heavy atom. The van der Waals surface area contributed by atoms with Crippen LogP contribution in [0.4, 0.5) is 5.69 Å². The molecule has 0 amide bonds. The Morgan fingerprint density at radius 2 is 2.24 bits per heavy atom. The molecule has 0 unspecified atom stereocenters. The lowest BCUT2D eigenvalue weighted by Crippen LogP contribution is -2.31. The fraction of sp³-hybridized carbons (Fsp3) is 0.500. The van der Waals surface area contributed by atoms with Gasteiger partial charge in [-0.2, -0.15) is 0 Å². The van der Waals surface area contributed by atoms with Gasteiger partial charge in [-0.1, -0.05) is 6.07 Å². The van der Waals surface area contributed by atoms with Crippen LogP contribution in [0.15, 0.2) is 18.2 Å². The molecule has 0 aliphatic heterocycles. The maximum absolute atomic E-state index is 11.0. The van der Waals surface area contributed by atoms with Gasteiger partial charge in [0.25, 0.3) is 0 Å². The topological polar surface area (TPSA) is 92.9 Å². The summed E-state index contributed by atoms with van der Waals surface area (Å²) in [6, 6.07) is 4.72. The summed E-state index contributed by atoms with van der Waals surface area (Å²) in [6.07, 6.45) is 2.25. The largest absolute Gasteiger partial charge is 0.490 e. The first-order chi connectivity index (χ1) is 9.99. The summed E-state index contributed by atoms with van der Waals surface area (Å²) in [5.41, 5.74) is 0.612. The zero-order chi connectivity index (χ0) is 15.4. The van der Waals surface area contributed by atoms with Crippen molar-refractivity contribution in [3.05, 3.63) is 33.9 Å². The number of benzene rings is 1. The van der Waals surface area contributed by atoms with Crippen LogP contribution in [-0.2, 0) is 11.3 Å². The van der Waals surface area contributed by atoms with Crippen molar-refractivity contribution in [1.29, 1.82) is 0 Å². The third-order valence-electron chi connectivity index (χ3n) is 3.42. The summed E-state index contributed by atoms with van der Waals surface area (Å²) >= 11 is 0. The third kappa shape index (κ3) is 4.42. The first-order valence-corrected chi connectivity index (χ1v) is 6.75. The van der Waals surface area contributed by atoms with Gasteiger partial charge in [-0.15, -0.1) is 0 Å². The van der Waals surface area contributed by atoms with Crippen LogP contribution >= 0.6 is 0 Å². The average Bonchev–Trinajstić information content (AvgIpc) is 3.21. The Hall–Kier alpha value is -2.15. The molecule has 1 aliphatic carbocycles. The third-order valence-corrected chi connectivity index (χ3v) is 3.42. The standard InChI is InChI=1S/C14H18N2O5/c1-21-13-5-4-11(6-12(13)16(19)20)8-15(9-14(17)18)7-10-2-3-10/h4-6,10H,2-3,7-9H2,1H3,(H,17,18). The van der Waals surface area contributed by atoms with Crippen LogP contribution in [0.5, 0.6) is 5.75 Å². The van der Waals surface area contributed by atoms with Gasteiger partial charge in [-0.3, -0.25) is 19.8 Å². The molecular formula is C14H18N2O5. The van der Waals surface area contributed by atoms with E-state index in [0.29, 0.717) is 24.6 Å². The molecule has 2 rings (SSSR count). The summed E-state index contributed by atoms with van der Waals surface area (Å²) in [4.78, 5) is 23.2. The lowest BCUT2D eigenvalue weighted by atomic mass is 10.1. The van der Waals surface area contributed by atoms with Crippen molar-refractivity contribution in [2.24, 2.45) is 5.92 Å². The first-order valence-electron chi connectivity index (χ1n) is 6.75. The highest BCUT2D eigenvalue weighted by molar-refractivity contribution is 5.69. The molecule has 1 N–H and O–H groups in total. The second-order valence-corrected chi connectivity index (χ2v) is 5.27. The van der Waals surface area contributed by atoms with E-state index >= 15 is 0 Å². The van der Waals surface area contributed by atoms with Crippen molar-refractivity contribution in [3.63, 3.8) is 0 Å². The zero-order valence-corrected chi connectivity index (χ0v) is 11.8. The predicted molar refractivity (Wildman–Crippen MR) is 75.3 cm³/mol. The van der Waals surface area contributed by atoms with E-state index in [0.717, 1.165) is 12.8 Å². The fourth-order valence-corrected chi connectivity index (χ4v) is 2.28. The van der Waals surface area contributed by atoms with Crippen molar-refractivity contribution >= 4 is 11.7 Å². The van der Waals surface area contributed by atoms with E-state index in [2.05, 4.69) is 0 Å². The second kappa shape index (κ2) is 6.53. The molecule has 7 heteroatoms. The van der Waals surface area contributed by atoms with Gasteiger partial charge >= 0.3 is 11.7 Å². The van der Waals surface area contributed by atoms with Crippen LogP contribution in [0.1, 0.15) is 18.4 Å². The molecule has 0 heterocycles.